The number of esters is 1. The lowest BCUT2D eigenvalue weighted by molar-refractivity contribution is -0.161. The second-order valence-electron chi connectivity index (χ2n) is 7.18. The van der Waals surface area contributed by atoms with E-state index in [-0.39, 0.29) is 17.9 Å². The number of ether oxygens (including phenoxy) is 1. The van der Waals surface area contributed by atoms with Crippen LogP contribution in [0.3, 0.4) is 0 Å². The lowest BCUT2D eigenvalue weighted by Crippen LogP contribution is -2.32. The molecule has 0 aliphatic heterocycles. The maximum Gasteiger partial charge on any atom is 0.309 e. The number of carbonyl (C=O) groups excluding carboxylic acids is 1. The Balaban J connectivity index is 1.80. The molecule has 1 aliphatic carbocycles. The van der Waals surface area contributed by atoms with Crippen LogP contribution < -0.4 is 0 Å². The van der Waals surface area contributed by atoms with Crippen LogP contribution in [0.25, 0.3) is 11.0 Å². The van der Waals surface area contributed by atoms with Crippen LogP contribution in [0, 0.1) is 5.92 Å². The van der Waals surface area contributed by atoms with E-state index in [0.29, 0.717) is 5.15 Å². The average molecular weight is 336 g/mol. The second-order valence-corrected chi connectivity index (χ2v) is 7.53. The molecule has 5 nitrogen and oxygen atoms in total. The molecule has 0 saturated heterocycles. The SMILES string of the molecule is CC(C)(C)OC(=O)[C@H]1CCC[C@@H](n2ccc3c(Cl)ncnc32)C1. The van der Waals surface area contributed by atoms with Crippen LogP contribution in [-0.4, -0.2) is 26.1 Å². The standard InChI is InChI=1S/C17H22ClN3O2/c1-17(2,3)23-16(22)11-5-4-6-12(9-11)21-8-7-13-14(18)19-10-20-15(13)21/h7-8,10-12H,4-6,9H2,1-3H3/t11-,12+/m0/s1. The van der Waals surface area contributed by atoms with Crippen LogP contribution in [0.5, 0.6) is 0 Å². The molecule has 0 unspecified atom stereocenters. The summed E-state index contributed by atoms with van der Waals surface area (Å²) in [6.07, 6.45) is 7.18. The molecule has 0 amide bonds. The smallest absolute Gasteiger partial charge is 0.309 e. The number of carbonyl (C=O) groups is 1. The number of hydrogen-bond donors (Lipinski definition) is 0. The molecule has 1 fully saturated rings. The Bertz CT molecular complexity index is 720. The predicted octanol–water partition coefficient (Wildman–Crippen LogP) is 4.16. The van der Waals surface area contributed by atoms with E-state index in [1.54, 1.807) is 0 Å². The van der Waals surface area contributed by atoms with E-state index in [4.69, 9.17) is 16.3 Å². The summed E-state index contributed by atoms with van der Waals surface area (Å²) < 4.78 is 7.68. The Labute approximate surface area is 141 Å². The predicted molar refractivity (Wildman–Crippen MR) is 89.4 cm³/mol. The zero-order valence-electron chi connectivity index (χ0n) is 13.8. The van der Waals surface area contributed by atoms with Gasteiger partial charge in [0.2, 0.25) is 0 Å². The monoisotopic (exact) mass is 335 g/mol. The Morgan fingerprint density at radius 2 is 2.13 bits per heavy atom. The average Bonchev–Trinajstić information content (AvgIpc) is 2.91. The summed E-state index contributed by atoms with van der Waals surface area (Å²) in [4.78, 5) is 20.7. The Morgan fingerprint density at radius 3 is 2.87 bits per heavy atom. The highest BCUT2D eigenvalue weighted by atomic mass is 35.5. The van der Waals surface area contributed by atoms with Crippen LogP contribution in [-0.2, 0) is 9.53 Å². The van der Waals surface area contributed by atoms with Crippen molar-refractivity contribution in [3.05, 3.63) is 23.7 Å². The van der Waals surface area contributed by atoms with Crippen LogP contribution in [0.2, 0.25) is 5.15 Å². The summed E-state index contributed by atoms with van der Waals surface area (Å²) in [5.41, 5.74) is 0.394. The molecule has 2 heterocycles. The van der Waals surface area contributed by atoms with Crippen molar-refractivity contribution in [2.45, 2.75) is 58.1 Å². The number of halogens is 1. The summed E-state index contributed by atoms with van der Waals surface area (Å²) in [5, 5.41) is 1.32. The molecule has 0 spiro atoms. The van der Waals surface area contributed by atoms with Crippen molar-refractivity contribution >= 4 is 28.6 Å². The number of aromatic nitrogens is 3. The first kappa shape index (κ1) is 16.2. The summed E-state index contributed by atoms with van der Waals surface area (Å²) in [5.74, 6) is -0.144. The van der Waals surface area contributed by atoms with Crippen LogP contribution in [0.1, 0.15) is 52.5 Å². The van der Waals surface area contributed by atoms with Crippen molar-refractivity contribution in [1.29, 1.82) is 0 Å². The molecule has 3 rings (SSSR count). The third-order valence-corrected chi connectivity index (χ3v) is 4.54. The quantitative estimate of drug-likeness (QED) is 0.611. The number of rotatable bonds is 2. The van der Waals surface area contributed by atoms with E-state index in [2.05, 4.69) is 14.5 Å². The van der Waals surface area contributed by atoms with E-state index >= 15 is 0 Å². The third-order valence-electron chi connectivity index (χ3n) is 4.24. The second kappa shape index (κ2) is 6.11. The van der Waals surface area contributed by atoms with E-state index in [0.717, 1.165) is 36.7 Å². The minimum absolute atomic E-state index is 0.0530. The Kier molecular flexibility index (Phi) is 4.32. The molecule has 1 aliphatic rings. The molecule has 0 bridgehead atoms. The van der Waals surface area contributed by atoms with E-state index in [1.807, 2.05) is 33.0 Å². The van der Waals surface area contributed by atoms with Crippen LogP contribution in [0.4, 0.5) is 0 Å². The number of hydrogen-bond acceptors (Lipinski definition) is 4. The topological polar surface area (TPSA) is 57.0 Å². The van der Waals surface area contributed by atoms with Gasteiger partial charge < -0.3 is 9.30 Å². The van der Waals surface area contributed by atoms with Crippen molar-refractivity contribution in [2.75, 3.05) is 0 Å². The van der Waals surface area contributed by atoms with Crippen molar-refractivity contribution in [2.24, 2.45) is 5.92 Å². The highest BCUT2D eigenvalue weighted by molar-refractivity contribution is 6.33. The van der Waals surface area contributed by atoms with E-state index in [9.17, 15) is 4.79 Å². The lowest BCUT2D eigenvalue weighted by atomic mass is 9.85. The summed E-state index contributed by atoms with van der Waals surface area (Å²) >= 11 is 6.12. The Hall–Kier alpha value is -1.62. The molecule has 2 aromatic heterocycles. The van der Waals surface area contributed by atoms with E-state index in [1.165, 1.54) is 6.33 Å². The molecule has 0 radical (unpaired) electrons. The normalized spacial score (nSPS) is 22.3. The maximum absolute atomic E-state index is 12.4. The summed E-state index contributed by atoms with van der Waals surface area (Å²) in [6, 6.07) is 2.18. The largest absolute Gasteiger partial charge is 0.460 e. The number of fused-ring (bicyclic) bond motifs is 1. The van der Waals surface area contributed by atoms with Crippen LogP contribution >= 0.6 is 11.6 Å². The van der Waals surface area contributed by atoms with Gasteiger partial charge >= 0.3 is 5.97 Å². The zero-order chi connectivity index (χ0) is 16.6. The van der Waals surface area contributed by atoms with Crippen LogP contribution in [0.15, 0.2) is 18.6 Å². The van der Waals surface area contributed by atoms with Crippen molar-refractivity contribution < 1.29 is 9.53 Å². The molecule has 2 atom stereocenters. The highest BCUT2D eigenvalue weighted by Crippen LogP contribution is 2.36. The summed E-state index contributed by atoms with van der Waals surface area (Å²) in [7, 11) is 0. The molecular formula is C17H22ClN3O2. The van der Waals surface area contributed by atoms with Gasteiger partial charge in [0.1, 0.15) is 22.7 Å². The zero-order valence-corrected chi connectivity index (χ0v) is 14.5. The first-order valence-electron chi connectivity index (χ1n) is 8.05. The van der Waals surface area contributed by atoms with Gasteiger partial charge in [-0.1, -0.05) is 18.0 Å². The van der Waals surface area contributed by atoms with Crippen molar-refractivity contribution in [1.82, 2.24) is 14.5 Å². The molecule has 1 saturated carbocycles. The first-order chi connectivity index (χ1) is 10.8. The van der Waals surface area contributed by atoms with Gasteiger partial charge in [0.25, 0.3) is 0 Å². The molecule has 0 N–H and O–H groups in total. The lowest BCUT2D eigenvalue weighted by Gasteiger charge is -2.31. The van der Waals surface area contributed by atoms with Gasteiger partial charge in [-0.25, -0.2) is 9.97 Å². The maximum atomic E-state index is 12.4. The molecule has 0 aromatic carbocycles. The molecule has 2 aromatic rings. The van der Waals surface area contributed by atoms with Crippen molar-refractivity contribution in [3.8, 4) is 0 Å². The molecule has 6 heteroatoms. The van der Waals surface area contributed by atoms with Crippen molar-refractivity contribution in [3.63, 3.8) is 0 Å². The number of nitrogens with zero attached hydrogens (tertiary/aromatic N) is 3. The van der Waals surface area contributed by atoms with Gasteiger partial charge in [-0.3, -0.25) is 4.79 Å². The molecular weight excluding hydrogens is 314 g/mol. The van der Waals surface area contributed by atoms with Gasteiger partial charge in [-0.15, -0.1) is 0 Å². The van der Waals surface area contributed by atoms with Gasteiger partial charge in [-0.05, 0) is 46.1 Å². The summed E-state index contributed by atoms with van der Waals surface area (Å²) in [6.45, 7) is 5.72. The third kappa shape index (κ3) is 3.50. The fraction of sp³-hybridized carbons (Fsp3) is 0.588. The minimum Gasteiger partial charge on any atom is -0.460 e. The van der Waals surface area contributed by atoms with Gasteiger partial charge in [0.05, 0.1) is 11.3 Å². The van der Waals surface area contributed by atoms with E-state index < -0.39 is 5.60 Å². The highest BCUT2D eigenvalue weighted by Gasteiger charge is 2.32. The fourth-order valence-corrected chi connectivity index (χ4v) is 3.44. The van der Waals surface area contributed by atoms with Gasteiger partial charge in [0, 0.05) is 12.2 Å². The first-order valence-corrected chi connectivity index (χ1v) is 8.43. The fourth-order valence-electron chi connectivity index (χ4n) is 3.25. The van der Waals surface area contributed by atoms with Gasteiger partial charge in [-0.2, -0.15) is 0 Å². The van der Waals surface area contributed by atoms with Gasteiger partial charge in [0.15, 0.2) is 0 Å². The molecule has 124 valence electrons. The minimum atomic E-state index is -0.440. The molecule has 23 heavy (non-hydrogen) atoms. The Morgan fingerprint density at radius 1 is 1.35 bits per heavy atom.